The second kappa shape index (κ2) is 6.81. The summed E-state index contributed by atoms with van der Waals surface area (Å²) in [4.78, 5) is 14.7. The first-order valence-electron chi connectivity index (χ1n) is 7.50. The van der Waals surface area contributed by atoms with Crippen LogP contribution in [0, 0.1) is 0 Å². The Kier molecular flexibility index (Phi) is 4.79. The largest absolute Gasteiger partial charge is 0.497 e. The standard InChI is InChI=1S/C18H17Cl2NO2/c1-23-14-7-4-12(5-8-14)17-3-2-10-21(17)18(22)15-9-6-13(19)11-16(15)20/h4-9,11,17H,2-3,10H2,1H3. The minimum atomic E-state index is -0.0509. The Morgan fingerprint density at radius 2 is 1.91 bits per heavy atom. The van der Waals surface area contributed by atoms with Crippen LogP contribution in [0.15, 0.2) is 42.5 Å². The molecular formula is C18H17Cl2NO2. The lowest BCUT2D eigenvalue weighted by Crippen LogP contribution is -2.30. The summed E-state index contributed by atoms with van der Waals surface area (Å²) < 4.78 is 5.19. The highest BCUT2D eigenvalue weighted by Crippen LogP contribution is 2.35. The Hall–Kier alpha value is -1.71. The van der Waals surface area contributed by atoms with E-state index in [1.807, 2.05) is 29.2 Å². The van der Waals surface area contributed by atoms with Gasteiger partial charge in [-0.05, 0) is 48.7 Å². The minimum Gasteiger partial charge on any atom is -0.497 e. The maximum Gasteiger partial charge on any atom is 0.255 e. The van der Waals surface area contributed by atoms with Crippen LogP contribution in [-0.4, -0.2) is 24.5 Å². The van der Waals surface area contributed by atoms with Gasteiger partial charge in [-0.1, -0.05) is 35.3 Å². The topological polar surface area (TPSA) is 29.5 Å². The van der Waals surface area contributed by atoms with E-state index in [2.05, 4.69) is 0 Å². The van der Waals surface area contributed by atoms with Crippen molar-refractivity contribution in [3.63, 3.8) is 0 Å². The molecule has 1 amide bonds. The van der Waals surface area contributed by atoms with E-state index >= 15 is 0 Å². The third kappa shape index (κ3) is 3.31. The van der Waals surface area contributed by atoms with E-state index in [1.165, 1.54) is 0 Å². The van der Waals surface area contributed by atoms with Gasteiger partial charge in [0.25, 0.3) is 5.91 Å². The fourth-order valence-corrected chi connectivity index (χ4v) is 3.49. The summed E-state index contributed by atoms with van der Waals surface area (Å²) in [6.45, 7) is 0.731. The van der Waals surface area contributed by atoms with Crippen molar-refractivity contribution < 1.29 is 9.53 Å². The lowest BCUT2D eigenvalue weighted by Gasteiger charge is -2.25. The first-order valence-corrected chi connectivity index (χ1v) is 8.25. The highest BCUT2D eigenvalue weighted by atomic mass is 35.5. The molecule has 1 aliphatic heterocycles. The van der Waals surface area contributed by atoms with E-state index in [9.17, 15) is 4.79 Å². The first kappa shape index (κ1) is 16.2. The number of methoxy groups -OCH3 is 1. The van der Waals surface area contributed by atoms with Crippen molar-refractivity contribution in [2.75, 3.05) is 13.7 Å². The van der Waals surface area contributed by atoms with Gasteiger partial charge in [-0.25, -0.2) is 0 Å². The Labute approximate surface area is 145 Å². The molecule has 1 atom stereocenters. The molecule has 0 N–H and O–H groups in total. The van der Waals surface area contributed by atoms with Crippen LogP contribution in [0.25, 0.3) is 0 Å². The molecule has 3 nitrogen and oxygen atoms in total. The smallest absolute Gasteiger partial charge is 0.255 e. The van der Waals surface area contributed by atoms with Crippen LogP contribution in [0.3, 0.4) is 0 Å². The van der Waals surface area contributed by atoms with Crippen molar-refractivity contribution in [1.29, 1.82) is 0 Å². The van der Waals surface area contributed by atoms with Crippen molar-refractivity contribution in [1.82, 2.24) is 4.90 Å². The Balaban J connectivity index is 1.86. The molecule has 0 spiro atoms. The van der Waals surface area contributed by atoms with E-state index < -0.39 is 0 Å². The molecule has 0 aromatic heterocycles. The number of ether oxygens (including phenoxy) is 1. The number of likely N-dealkylation sites (tertiary alicyclic amines) is 1. The fraction of sp³-hybridized carbons (Fsp3) is 0.278. The maximum atomic E-state index is 12.9. The van der Waals surface area contributed by atoms with E-state index in [4.69, 9.17) is 27.9 Å². The van der Waals surface area contributed by atoms with Crippen molar-refractivity contribution in [3.05, 3.63) is 63.6 Å². The van der Waals surface area contributed by atoms with E-state index in [0.29, 0.717) is 15.6 Å². The molecule has 0 aliphatic carbocycles. The van der Waals surface area contributed by atoms with Gasteiger partial charge in [0.05, 0.1) is 23.7 Å². The normalized spacial score (nSPS) is 17.3. The number of halogens is 2. The first-order chi connectivity index (χ1) is 11.1. The average Bonchev–Trinajstić information content (AvgIpc) is 3.04. The van der Waals surface area contributed by atoms with Crippen molar-refractivity contribution in [2.45, 2.75) is 18.9 Å². The zero-order valence-electron chi connectivity index (χ0n) is 12.8. The van der Waals surface area contributed by atoms with Crippen molar-refractivity contribution in [3.8, 4) is 5.75 Å². The Bertz CT molecular complexity index is 715. The fourth-order valence-electron chi connectivity index (χ4n) is 3.00. The molecule has 1 fully saturated rings. The highest BCUT2D eigenvalue weighted by molar-refractivity contribution is 6.36. The van der Waals surface area contributed by atoms with Gasteiger partial charge in [0.2, 0.25) is 0 Å². The van der Waals surface area contributed by atoms with Crippen molar-refractivity contribution in [2.24, 2.45) is 0 Å². The van der Waals surface area contributed by atoms with Crippen LogP contribution in [-0.2, 0) is 0 Å². The van der Waals surface area contributed by atoms with Crippen molar-refractivity contribution >= 4 is 29.1 Å². The number of carbonyl (C=O) groups excluding carboxylic acids is 1. The van der Waals surface area contributed by atoms with Crippen LogP contribution in [0.4, 0.5) is 0 Å². The van der Waals surface area contributed by atoms with Crippen LogP contribution >= 0.6 is 23.2 Å². The zero-order chi connectivity index (χ0) is 16.4. The van der Waals surface area contributed by atoms with Gasteiger partial charge >= 0.3 is 0 Å². The number of hydrogen-bond acceptors (Lipinski definition) is 2. The van der Waals surface area contributed by atoms with Gasteiger partial charge in [-0.3, -0.25) is 4.79 Å². The molecule has 120 valence electrons. The molecule has 1 unspecified atom stereocenters. The molecular weight excluding hydrogens is 333 g/mol. The summed E-state index contributed by atoms with van der Waals surface area (Å²) >= 11 is 12.1. The summed E-state index contributed by atoms with van der Waals surface area (Å²) in [5, 5.41) is 0.919. The van der Waals surface area contributed by atoms with Gasteiger partial charge in [0.1, 0.15) is 5.75 Å². The monoisotopic (exact) mass is 349 g/mol. The second-order valence-corrected chi connectivity index (χ2v) is 6.40. The zero-order valence-corrected chi connectivity index (χ0v) is 14.3. The third-order valence-electron chi connectivity index (χ3n) is 4.18. The third-order valence-corrected chi connectivity index (χ3v) is 4.72. The van der Waals surface area contributed by atoms with E-state index in [-0.39, 0.29) is 11.9 Å². The van der Waals surface area contributed by atoms with Crippen LogP contribution in [0.2, 0.25) is 10.0 Å². The van der Waals surface area contributed by atoms with Crippen LogP contribution < -0.4 is 4.74 Å². The summed E-state index contributed by atoms with van der Waals surface area (Å²) in [6, 6.07) is 12.9. The molecule has 1 heterocycles. The van der Waals surface area contributed by atoms with Gasteiger partial charge < -0.3 is 9.64 Å². The van der Waals surface area contributed by atoms with Gasteiger partial charge in [-0.15, -0.1) is 0 Å². The molecule has 0 radical (unpaired) electrons. The highest BCUT2D eigenvalue weighted by Gasteiger charge is 2.31. The summed E-state index contributed by atoms with van der Waals surface area (Å²) in [6.07, 6.45) is 1.93. The summed E-state index contributed by atoms with van der Waals surface area (Å²) in [7, 11) is 1.64. The molecule has 2 aromatic rings. The van der Waals surface area contributed by atoms with Gasteiger partial charge in [0.15, 0.2) is 0 Å². The second-order valence-electron chi connectivity index (χ2n) is 5.55. The lowest BCUT2D eigenvalue weighted by atomic mass is 10.0. The molecule has 0 saturated carbocycles. The number of nitrogens with zero attached hydrogens (tertiary/aromatic N) is 1. The number of carbonyl (C=O) groups is 1. The lowest BCUT2D eigenvalue weighted by molar-refractivity contribution is 0.0736. The van der Waals surface area contributed by atoms with E-state index in [0.717, 1.165) is 30.7 Å². The predicted octanol–water partition coefficient (Wildman–Crippen LogP) is 4.98. The number of amides is 1. The number of rotatable bonds is 3. The van der Waals surface area contributed by atoms with Crippen LogP contribution in [0.1, 0.15) is 34.8 Å². The SMILES string of the molecule is COc1ccc(C2CCCN2C(=O)c2ccc(Cl)cc2Cl)cc1. The minimum absolute atomic E-state index is 0.0509. The molecule has 1 saturated heterocycles. The van der Waals surface area contributed by atoms with Crippen LogP contribution in [0.5, 0.6) is 5.75 Å². The number of benzene rings is 2. The average molecular weight is 350 g/mol. The maximum absolute atomic E-state index is 12.9. The Morgan fingerprint density at radius 3 is 2.57 bits per heavy atom. The Morgan fingerprint density at radius 1 is 1.17 bits per heavy atom. The quantitative estimate of drug-likeness (QED) is 0.781. The molecule has 0 bridgehead atoms. The number of hydrogen-bond donors (Lipinski definition) is 0. The predicted molar refractivity (Wildman–Crippen MR) is 92.5 cm³/mol. The summed E-state index contributed by atoms with van der Waals surface area (Å²) in [5.41, 5.74) is 1.61. The van der Waals surface area contributed by atoms with E-state index in [1.54, 1.807) is 25.3 Å². The molecule has 5 heteroatoms. The molecule has 23 heavy (non-hydrogen) atoms. The molecule has 1 aliphatic rings. The van der Waals surface area contributed by atoms with Gasteiger partial charge in [-0.2, -0.15) is 0 Å². The van der Waals surface area contributed by atoms with Gasteiger partial charge in [0, 0.05) is 11.6 Å². The summed E-state index contributed by atoms with van der Waals surface area (Å²) in [5.74, 6) is 0.760. The molecule has 2 aromatic carbocycles. The molecule has 3 rings (SSSR count).